The second kappa shape index (κ2) is 8.81. The zero-order chi connectivity index (χ0) is 23.8. The zero-order valence-corrected chi connectivity index (χ0v) is 18.7. The van der Waals surface area contributed by atoms with Gasteiger partial charge in [-0.25, -0.2) is 0 Å². The molecule has 33 heavy (non-hydrogen) atoms. The average Bonchev–Trinajstić information content (AvgIpc) is 3.21. The Hall–Kier alpha value is -3.47. The van der Waals surface area contributed by atoms with Gasteiger partial charge in [-0.15, -0.1) is 11.8 Å². The van der Waals surface area contributed by atoms with Crippen molar-refractivity contribution in [2.75, 3.05) is 25.4 Å². The summed E-state index contributed by atoms with van der Waals surface area (Å²) in [6, 6.07) is 10.2. The molecule has 0 N–H and O–H groups in total. The maximum Gasteiger partial charge on any atom is 0.273 e. The van der Waals surface area contributed by atoms with Gasteiger partial charge in [-0.05, 0) is 31.9 Å². The van der Waals surface area contributed by atoms with Crippen molar-refractivity contribution in [1.29, 1.82) is 0 Å². The highest BCUT2D eigenvalue weighted by Gasteiger charge is 2.47. The van der Waals surface area contributed by atoms with Crippen molar-refractivity contribution in [3.05, 3.63) is 79.4 Å². The Kier molecular flexibility index (Phi) is 6.07. The third-order valence-electron chi connectivity index (χ3n) is 6.21. The van der Waals surface area contributed by atoms with E-state index in [1.807, 2.05) is 0 Å². The molecular formula is C22H22N4O6S. The first kappa shape index (κ1) is 22.7. The lowest BCUT2D eigenvalue weighted by atomic mass is 9.99. The Bertz CT molecular complexity index is 1150. The third kappa shape index (κ3) is 4.28. The van der Waals surface area contributed by atoms with E-state index in [2.05, 4.69) is 0 Å². The number of amides is 2. The monoisotopic (exact) mass is 470 g/mol. The number of carbonyl (C=O) groups is 2. The van der Waals surface area contributed by atoms with Crippen LogP contribution >= 0.6 is 11.8 Å². The largest absolute Gasteiger partial charge is 0.338 e. The van der Waals surface area contributed by atoms with Crippen molar-refractivity contribution < 1.29 is 19.4 Å². The topological polar surface area (TPSA) is 127 Å². The summed E-state index contributed by atoms with van der Waals surface area (Å²) >= 11 is 1.67. The second-order valence-electron chi connectivity index (χ2n) is 8.11. The van der Waals surface area contributed by atoms with Crippen LogP contribution in [-0.2, 0) is 0 Å². The number of carbonyl (C=O) groups excluding carboxylic acids is 2. The van der Waals surface area contributed by atoms with Gasteiger partial charge in [0.25, 0.3) is 23.2 Å². The molecule has 0 bridgehead atoms. The number of non-ortho nitro benzene ring substituents is 1. The van der Waals surface area contributed by atoms with Crippen LogP contribution in [0.25, 0.3) is 0 Å². The van der Waals surface area contributed by atoms with Crippen molar-refractivity contribution in [3.63, 3.8) is 0 Å². The number of nitro groups is 2. The van der Waals surface area contributed by atoms with Crippen LogP contribution in [0.3, 0.4) is 0 Å². The highest BCUT2D eigenvalue weighted by Crippen LogP contribution is 2.45. The van der Waals surface area contributed by atoms with E-state index >= 15 is 0 Å². The first-order chi connectivity index (χ1) is 15.7. The van der Waals surface area contributed by atoms with Gasteiger partial charge in [0.1, 0.15) is 0 Å². The van der Waals surface area contributed by atoms with Gasteiger partial charge < -0.3 is 9.80 Å². The third-order valence-corrected chi connectivity index (χ3v) is 7.76. The fraction of sp³-hybridized carbons (Fsp3) is 0.364. The number of hydrogen-bond acceptors (Lipinski definition) is 7. The average molecular weight is 471 g/mol. The molecule has 10 nitrogen and oxygen atoms in total. The first-order valence-corrected chi connectivity index (χ1v) is 11.5. The lowest BCUT2D eigenvalue weighted by molar-refractivity contribution is -0.385. The smallest absolute Gasteiger partial charge is 0.273 e. The Morgan fingerprint density at radius 3 is 2.30 bits per heavy atom. The molecule has 1 spiro atoms. The summed E-state index contributed by atoms with van der Waals surface area (Å²) in [6.45, 7) is 2.98. The van der Waals surface area contributed by atoms with Gasteiger partial charge in [0.15, 0.2) is 0 Å². The number of hydrogen-bond donors (Lipinski definition) is 0. The minimum Gasteiger partial charge on any atom is -0.338 e. The molecule has 0 atom stereocenters. The van der Waals surface area contributed by atoms with Gasteiger partial charge in [0.05, 0.1) is 14.7 Å². The van der Waals surface area contributed by atoms with Gasteiger partial charge in [-0.2, -0.15) is 0 Å². The van der Waals surface area contributed by atoms with Crippen LogP contribution in [0.15, 0.2) is 42.5 Å². The van der Waals surface area contributed by atoms with Gasteiger partial charge in [-0.3, -0.25) is 29.8 Å². The lowest BCUT2D eigenvalue weighted by Gasteiger charge is -2.44. The highest BCUT2D eigenvalue weighted by atomic mass is 32.2. The van der Waals surface area contributed by atoms with Crippen LogP contribution < -0.4 is 0 Å². The van der Waals surface area contributed by atoms with E-state index in [4.69, 9.17) is 0 Å². The Labute approximate surface area is 193 Å². The molecule has 0 unspecified atom stereocenters. The predicted molar refractivity (Wildman–Crippen MR) is 122 cm³/mol. The number of nitrogens with zero attached hydrogens (tertiary/aromatic N) is 4. The molecule has 2 aliphatic rings. The molecule has 0 saturated carbocycles. The molecule has 2 saturated heterocycles. The predicted octanol–water partition coefficient (Wildman–Crippen LogP) is 3.63. The number of nitro benzene ring substituents is 2. The molecule has 0 aromatic heterocycles. The van der Waals surface area contributed by atoms with E-state index in [1.165, 1.54) is 24.3 Å². The molecule has 2 aliphatic heterocycles. The van der Waals surface area contributed by atoms with Crippen LogP contribution in [0.4, 0.5) is 11.4 Å². The van der Waals surface area contributed by atoms with Crippen LogP contribution in [-0.4, -0.2) is 61.7 Å². The van der Waals surface area contributed by atoms with Crippen molar-refractivity contribution in [2.24, 2.45) is 0 Å². The summed E-state index contributed by atoms with van der Waals surface area (Å²) in [5.74, 6) is 0.226. The molecule has 0 radical (unpaired) electrons. The van der Waals surface area contributed by atoms with Crippen LogP contribution in [0, 0.1) is 27.2 Å². The Balaban J connectivity index is 1.49. The van der Waals surface area contributed by atoms with E-state index in [-0.39, 0.29) is 34.3 Å². The number of rotatable bonds is 4. The SMILES string of the molecule is Cc1ccc(C(=O)N2CCC3(CC2)SCCN3C(=O)c2cccc([N+](=O)[O-])c2)cc1[N+](=O)[O-]. The number of aryl methyl sites for hydroxylation is 1. The maximum atomic E-state index is 13.2. The number of thioether (sulfide) groups is 1. The molecule has 2 heterocycles. The summed E-state index contributed by atoms with van der Waals surface area (Å²) in [4.78, 5) is 50.4. The molecule has 2 aromatic carbocycles. The number of likely N-dealkylation sites (tertiary alicyclic amines) is 1. The molecule has 172 valence electrons. The molecule has 0 aliphatic carbocycles. The van der Waals surface area contributed by atoms with Gasteiger partial charge >= 0.3 is 0 Å². The van der Waals surface area contributed by atoms with E-state index < -0.39 is 14.7 Å². The quantitative estimate of drug-likeness (QED) is 0.493. The number of piperidine rings is 1. The lowest BCUT2D eigenvalue weighted by Crippen LogP contribution is -2.53. The van der Waals surface area contributed by atoms with E-state index in [9.17, 15) is 29.8 Å². The summed E-state index contributed by atoms with van der Waals surface area (Å²) in [7, 11) is 0. The van der Waals surface area contributed by atoms with Gasteiger partial charge in [-0.1, -0.05) is 12.1 Å². The summed E-state index contributed by atoms with van der Waals surface area (Å²) in [5, 5.41) is 22.3. The molecule has 2 aromatic rings. The van der Waals surface area contributed by atoms with Crippen LogP contribution in [0.2, 0.25) is 0 Å². The number of benzene rings is 2. The molecule has 2 amide bonds. The Morgan fingerprint density at radius 2 is 1.64 bits per heavy atom. The minimum absolute atomic E-state index is 0.0885. The summed E-state index contributed by atoms with van der Waals surface area (Å²) in [5.41, 5.74) is 0.818. The fourth-order valence-electron chi connectivity index (χ4n) is 4.40. The van der Waals surface area contributed by atoms with Crippen molar-refractivity contribution in [2.45, 2.75) is 24.6 Å². The molecule has 11 heteroatoms. The highest BCUT2D eigenvalue weighted by molar-refractivity contribution is 8.00. The van der Waals surface area contributed by atoms with Gasteiger partial charge in [0.2, 0.25) is 0 Å². The van der Waals surface area contributed by atoms with Crippen molar-refractivity contribution in [3.8, 4) is 0 Å². The van der Waals surface area contributed by atoms with Crippen molar-refractivity contribution >= 4 is 35.0 Å². The fourth-order valence-corrected chi connectivity index (χ4v) is 5.85. The van der Waals surface area contributed by atoms with E-state index in [0.29, 0.717) is 38.0 Å². The first-order valence-electron chi connectivity index (χ1n) is 10.5. The second-order valence-corrected chi connectivity index (χ2v) is 9.57. The summed E-state index contributed by atoms with van der Waals surface area (Å²) < 4.78 is 0. The molecule has 2 fully saturated rings. The van der Waals surface area contributed by atoms with Crippen LogP contribution in [0.5, 0.6) is 0 Å². The molecular weight excluding hydrogens is 448 g/mol. The molecule has 4 rings (SSSR count). The Morgan fingerprint density at radius 1 is 0.939 bits per heavy atom. The zero-order valence-electron chi connectivity index (χ0n) is 17.9. The van der Waals surface area contributed by atoms with E-state index in [1.54, 1.807) is 46.7 Å². The van der Waals surface area contributed by atoms with Gasteiger partial charge in [0, 0.05) is 60.3 Å². The standard InChI is InChI=1S/C22H22N4O6S/c1-15-5-6-17(14-19(15)26(31)32)20(27)23-9-7-22(8-10-23)24(11-12-33-22)21(28)16-3-2-4-18(13-16)25(29)30/h2-6,13-14H,7-12H2,1H3. The van der Waals surface area contributed by atoms with Crippen molar-refractivity contribution in [1.82, 2.24) is 9.80 Å². The minimum atomic E-state index is -0.523. The summed E-state index contributed by atoms with van der Waals surface area (Å²) in [6.07, 6.45) is 1.11. The maximum absolute atomic E-state index is 13.2. The normalized spacial score (nSPS) is 17.2. The van der Waals surface area contributed by atoms with Crippen LogP contribution in [0.1, 0.15) is 39.1 Å². The van der Waals surface area contributed by atoms with E-state index in [0.717, 1.165) is 5.75 Å².